The molecule has 0 aliphatic carbocycles. The zero-order chi connectivity index (χ0) is 79.5. The van der Waals surface area contributed by atoms with Crippen LogP contribution < -0.4 is 23.5 Å². The fourth-order valence-electron chi connectivity index (χ4n) is 6.69. The number of amides is 1. The molecule has 0 spiro atoms. The van der Waals surface area contributed by atoms with Crippen molar-refractivity contribution in [2.24, 2.45) is 0 Å². The largest absolute Gasteiger partial charge is 1.00 e. The molecule has 2 aromatic rings. The van der Waals surface area contributed by atoms with Crippen molar-refractivity contribution in [1.82, 2.24) is 5.32 Å². The molecular formula is C35H110ClN2O6P59. The average molecular weight is 2520 g/mol. The number of halogens is 1. The second kappa shape index (κ2) is 73.5. The minimum absolute atomic E-state index is 0. The summed E-state index contributed by atoms with van der Waals surface area (Å²) in [6.07, 6.45) is 8.10. The zero-order valence-electron chi connectivity index (χ0n) is 57.0. The van der Waals surface area contributed by atoms with Gasteiger partial charge in [0.1, 0.15) is 24.9 Å². The molecule has 1 amide bonds. The molecule has 0 bridgehead atoms. The highest BCUT2D eigenvalue weighted by molar-refractivity contribution is 9.46. The van der Waals surface area contributed by atoms with Crippen LogP contribution in [0.25, 0.3) is 0 Å². The summed E-state index contributed by atoms with van der Waals surface area (Å²) in [5.74, 6) is -0.686. The highest BCUT2D eigenvalue weighted by Gasteiger charge is 2.52. The molecule has 0 aromatic heterocycles. The number of ether oxygens (including phenoxy) is 3. The summed E-state index contributed by atoms with van der Waals surface area (Å²) in [5.41, 5.74) is 6.49. The lowest BCUT2D eigenvalue weighted by molar-refractivity contribution is -0.405. The molecule has 34 unspecified atom stereocenters. The third kappa shape index (κ3) is 54.5. The van der Waals surface area contributed by atoms with Crippen molar-refractivity contribution in [3.63, 3.8) is 0 Å². The topological polar surface area (TPSA) is 119 Å². The predicted octanol–water partition coefficient (Wildman–Crippen LogP) is 37.2. The first-order valence-corrected chi connectivity index (χ1v) is 134. The van der Waals surface area contributed by atoms with Crippen molar-refractivity contribution >= 4 is 491 Å². The lowest BCUT2D eigenvalue weighted by Crippen LogP contribution is -3.00. The van der Waals surface area contributed by atoms with E-state index >= 15 is 0 Å². The second-order valence-corrected chi connectivity index (χ2v) is 256. The van der Waals surface area contributed by atoms with Gasteiger partial charge in [0, 0.05) is 6.42 Å². The van der Waals surface area contributed by atoms with Gasteiger partial charge in [-0.15, -0.1) is 290 Å². The van der Waals surface area contributed by atoms with E-state index in [0.29, 0.717) is 17.5 Å². The molecule has 4 N–H and O–H groups in total. The first-order chi connectivity index (χ1) is 47.1. The lowest BCUT2D eigenvalue weighted by Gasteiger charge is -2.52. The van der Waals surface area contributed by atoms with Crippen LogP contribution in [0.3, 0.4) is 0 Å². The first kappa shape index (κ1) is 128. The number of nitrogens with one attached hydrogen (secondary N) is 1. The Bertz CT molecular complexity index is 2550. The summed E-state index contributed by atoms with van der Waals surface area (Å²) >= 11 is 0. The Balaban J connectivity index is -0.00000131. The summed E-state index contributed by atoms with van der Waals surface area (Å²) < 4.78 is 15.7. The molecule has 0 heterocycles. The van der Waals surface area contributed by atoms with Crippen LogP contribution in [0, 0.1) is 0 Å². The Morgan fingerprint density at radius 1 is 0.427 bits per heavy atom. The smallest absolute Gasteiger partial charge is 0.408 e. The van der Waals surface area contributed by atoms with Gasteiger partial charge in [-0.3, -0.25) is 0 Å². The van der Waals surface area contributed by atoms with Crippen LogP contribution in [-0.4, -0.2) is 48.9 Å². The summed E-state index contributed by atoms with van der Waals surface area (Å²) in [4.78, 5) is 35.5. The van der Waals surface area contributed by atoms with Crippen LogP contribution in [0.4, 0.5) is 4.79 Å². The molecule has 0 radical (unpaired) electrons. The van der Waals surface area contributed by atoms with Gasteiger partial charge in [0.25, 0.3) is 0 Å². The van der Waals surface area contributed by atoms with E-state index in [2.05, 4.69) is 301 Å². The number of hydrogen-bond acceptors (Lipinski definition) is 6. The maximum Gasteiger partial charge on any atom is 0.408 e. The number of quaternary nitrogens is 1. The number of benzene rings is 2. The monoisotopic (exact) mass is 2520 g/mol. The Morgan fingerprint density at radius 2 is 0.680 bits per heavy atom. The molecule has 68 heteroatoms. The van der Waals surface area contributed by atoms with E-state index in [9.17, 15) is 14.4 Å². The summed E-state index contributed by atoms with van der Waals surface area (Å²) in [6.45, 7) is 17.0. The summed E-state index contributed by atoms with van der Waals surface area (Å²) in [6, 6.07) is 17.7. The number of hydrogen-bond donors (Lipinski definition) is 2. The Kier molecular flexibility index (Phi) is 91.6. The number of esters is 2. The third-order valence-corrected chi connectivity index (χ3v) is 398. The van der Waals surface area contributed by atoms with Crippen LogP contribution in [-0.2, 0) is 14.2 Å². The maximum atomic E-state index is 11.9. The van der Waals surface area contributed by atoms with Crippen LogP contribution in [0.1, 0.15) is 68.2 Å². The summed E-state index contributed by atoms with van der Waals surface area (Å²) in [5, 5.41) is 2.80. The number of carbonyl (C=O) groups excluding carboxylic acids is 3. The van der Waals surface area contributed by atoms with Gasteiger partial charge in [-0.25, -0.2) is 14.4 Å². The van der Waals surface area contributed by atoms with E-state index in [1.807, 2.05) is 50.3 Å². The highest BCUT2D eigenvalue weighted by Crippen LogP contribution is 3.40. The van der Waals surface area contributed by atoms with Crippen molar-refractivity contribution in [3.8, 4) is 0 Å². The van der Waals surface area contributed by atoms with Gasteiger partial charge < -0.3 is 37.7 Å². The van der Waals surface area contributed by atoms with Gasteiger partial charge in [0.2, 0.25) is 0 Å². The molecule has 36 atom stereocenters. The Labute approximate surface area is 733 Å². The third-order valence-electron chi connectivity index (χ3n) is 10.8. The van der Waals surface area contributed by atoms with E-state index in [1.165, 1.54) is 0 Å². The standard InChI is InChI=1S/C20H27NO4.C15H19NO2.ClH.H32P30.H31P29/c1-6-10-17(21-19(23)25-20(3,4)5)15(2)13-14-24-18(22)16-11-8-7-9-12-16;1-3-7-14(16)12(2)10-11-18-15(17)13-8-5-4-6-9-13;;1-17(2)25(18(3)4)29(26(19(5)6)20(7)8)30(27(21(9)10)22(11)12)28(23(13)14)24(15)16;1-16-24(17(2)3)28(25(18(4)5)19(6)7)29(26(20(8)9)21(10)11)27(22(12)13)23(14)15/h6-9,11-13,17H,1,10,14H2,2-5H3,(H,21,23);3-6,8-10,14H,1,7,11,16H2,2H3;1H;1-16H2;16H,1-15H2/b15-13+;12-10+;;;/t17-;14-;;;/m00.../s1. The van der Waals surface area contributed by atoms with E-state index in [1.54, 1.807) is 69.3 Å². The quantitative estimate of drug-likeness (QED) is 0.0298. The van der Waals surface area contributed by atoms with Crippen molar-refractivity contribution in [2.45, 2.75) is 65.1 Å². The highest BCUT2D eigenvalue weighted by atomic mass is 35.5. The molecule has 2 aromatic carbocycles. The van der Waals surface area contributed by atoms with Crippen molar-refractivity contribution in [2.75, 3.05) is 13.2 Å². The van der Waals surface area contributed by atoms with Gasteiger partial charge in [-0.05, 0) is 272 Å². The maximum absolute atomic E-state index is 11.9. The van der Waals surface area contributed by atoms with Crippen LogP contribution in [0.5, 0.6) is 0 Å². The number of alkyl carbamates (subject to hydrolysis) is 1. The van der Waals surface area contributed by atoms with Gasteiger partial charge in [-0.1, -0.05) is 62.1 Å². The van der Waals surface area contributed by atoms with Crippen molar-refractivity contribution < 1.29 is 46.7 Å². The molecule has 8 nitrogen and oxygen atoms in total. The van der Waals surface area contributed by atoms with E-state index < -0.39 is 11.7 Å². The van der Waals surface area contributed by atoms with Crippen molar-refractivity contribution in [3.05, 3.63) is 120 Å². The summed E-state index contributed by atoms with van der Waals surface area (Å²) in [7, 11) is 103. The van der Waals surface area contributed by atoms with E-state index in [-0.39, 0.29) is 238 Å². The average Bonchev–Trinajstić information content (AvgIpc) is 0.774. The first-order valence-electron chi connectivity index (χ1n) is 27.5. The SMILES string of the molecule is C=CC[C@H](NC(=O)OC(C)(C)C)/C(C)=C/COC(=O)c1ccccc1.C=CC[C@H]([NH3+])/C(C)=C/COC(=O)c1ccccc1.PP(P)P(P(P)P)P(P(P(P)P)P(P)P)P(P(P(P)P)P(P)P)P(P(P)P)P(P)P.PPP(P(P)P)P(P(P(P)P)P(P)P)P(P(P(P)P)P(P)P)P(P(P)P)P(P)P.[Cl-]. The van der Waals surface area contributed by atoms with E-state index in [0.717, 1.165) is 25.5 Å². The normalized spacial score (nSPS) is 14.1. The molecule has 0 saturated carbocycles. The lowest BCUT2D eigenvalue weighted by atomic mass is 10.1. The zero-order valence-corrected chi connectivity index (χ0v) is 119. The molecule has 598 valence electrons. The molecule has 0 aliphatic heterocycles. The number of rotatable bonds is 39. The molecular weight excluding hydrogens is 2410 g/mol. The number of carbonyl (C=O) groups is 3. The van der Waals surface area contributed by atoms with Gasteiger partial charge >= 0.3 is 18.0 Å². The minimum atomic E-state index is -0.564. The fourth-order valence-corrected chi connectivity index (χ4v) is 783. The van der Waals surface area contributed by atoms with Crippen molar-refractivity contribution in [1.29, 1.82) is 0 Å². The molecule has 2 rings (SSSR count). The molecule has 0 aliphatic rings. The Hall–Kier alpha value is 21.2. The van der Waals surface area contributed by atoms with Crippen LogP contribution in [0.15, 0.2) is 109 Å². The minimum Gasteiger partial charge on any atom is -1.00 e. The predicted molar refractivity (Wildman–Crippen MR) is 667 cm³/mol. The van der Waals surface area contributed by atoms with E-state index in [4.69, 9.17) is 14.2 Å². The fraction of sp³-hybridized carbons (Fsp3) is 0.343. The Morgan fingerprint density at radius 3 is 0.913 bits per heavy atom. The van der Waals surface area contributed by atoms with Crippen LogP contribution >= 0.6 is 473 Å². The second-order valence-electron chi connectivity index (χ2n) is 19.8. The van der Waals surface area contributed by atoms with Crippen LogP contribution in [0.2, 0.25) is 0 Å². The van der Waals surface area contributed by atoms with Gasteiger partial charge in [0.15, 0.2) is 0 Å². The molecule has 0 saturated heterocycles. The van der Waals surface area contributed by atoms with Gasteiger partial charge in [-0.2, -0.15) is 0 Å². The molecule has 103 heavy (non-hydrogen) atoms. The molecule has 0 fully saturated rings. The van der Waals surface area contributed by atoms with Gasteiger partial charge in [0.05, 0.1) is 17.2 Å².